The summed E-state index contributed by atoms with van der Waals surface area (Å²) in [5, 5.41) is 3.57. The van der Waals surface area contributed by atoms with Gasteiger partial charge in [0.1, 0.15) is 6.54 Å². The highest BCUT2D eigenvalue weighted by Crippen LogP contribution is 2.11. The van der Waals surface area contributed by atoms with Crippen LogP contribution in [-0.4, -0.2) is 56.4 Å². The van der Waals surface area contributed by atoms with Gasteiger partial charge in [-0.05, 0) is 6.92 Å². The summed E-state index contributed by atoms with van der Waals surface area (Å²) in [4.78, 5) is 33.6. The van der Waals surface area contributed by atoms with E-state index < -0.39 is 49.8 Å². The highest BCUT2D eigenvalue weighted by Gasteiger charge is 2.27. The van der Waals surface area contributed by atoms with Gasteiger partial charge in [0, 0.05) is 0 Å². The third-order valence-electron chi connectivity index (χ3n) is 2.07. The van der Waals surface area contributed by atoms with E-state index in [9.17, 15) is 27.6 Å². The van der Waals surface area contributed by atoms with Crippen molar-refractivity contribution in [3.8, 4) is 0 Å². The lowest BCUT2D eigenvalue weighted by Gasteiger charge is -2.12. The van der Waals surface area contributed by atoms with Crippen LogP contribution in [0.5, 0.6) is 0 Å². The zero-order valence-electron chi connectivity index (χ0n) is 11.9. The van der Waals surface area contributed by atoms with Crippen LogP contribution in [0.2, 0.25) is 0 Å². The molecule has 0 aliphatic heterocycles. The minimum Gasteiger partial charge on any atom is -0.454 e. The van der Waals surface area contributed by atoms with Gasteiger partial charge in [0.15, 0.2) is 12.7 Å². The van der Waals surface area contributed by atoms with E-state index >= 15 is 0 Å². The molecule has 0 bridgehead atoms. The zero-order valence-corrected chi connectivity index (χ0v) is 11.9. The Bertz CT molecular complexity index is 412. The van der Waals surface area contributed by atoms with E-state index in [0.29, 0.717) is 0 Å². The van der Waals surface area contributed by atoms with Gasteiger partial charge in [0.05, 0.1) is 13.2 Å². The van der Waals surface area contributed by atoms with E-state index in [0.717, 1.165) is 0 Å². The molecule has 1 atom stereocenters. The van der Waals surface area contributed by atoms with Gasteiger partial charge in [-0.3, -0.25) is 9.59 Å². The Morgan fingerprint density at radius 2 is 1.86 bits per heavy atom. The Morgan fingerprint density at radius 1 is 1.23 bits per heavy atom. The first kappa shape index (κ1) is 19.9. The number of alkyl halides is 3. The van der Waals surface area contributed by atoms with E-state index in [1.807, 2.05) is 5.32 Å². The van der Waals surface area contributed by atoms with Crippen molar-refractivity contribution in [1.29, 1.82) is 0 Å². The molecule has 0 aromatic heterocycles. The third kappa shape index (κ3) is 10.7. The molecule has 0 aromatic carbocycles. The Morgan fingerprint density at radius 3 is 2.41 bits per heavy atom. The van der Waals surface area contributed by atoms with Crippen LogP contribution in [0, 0.1) is 0 Å². The molecule has 2 amide bonds. The molecule has 1 unspecified atom stereocenters. The number of amides is 2. The number of esters is 1. The maximum atomic E-state index is 11.8. The first-order valence-electron chi connectivity index (χ1n) is 6.15. The highest BCUT2D eigenvalue weighted by molar-refractivity contribution is 5.86. The van der Waals surface area contributed by atoms with Gasteiger partial charge in [-0.1, -0.05) is 6.08 Å². The topological polar surface area (TPSA) is 93.7 Å². The smallest absolute Gasteiger partial charge is 0.405 e. The molecule has 0 aliphatic carbocycles. The fraction of sp³-hybridized carbons (Fsp3) is 0.583. The van der Waals surface area contributed by atoms with Crippen molar-refractivity contribution in [3.63, 3.8) is 0 Å². The van der Waals surface area contributed by atoms with Crippen LogP contribution in [0.15, 0.2) is 12.7 Å². The largest absolute Gasteiger partial charge is 0.454 e. The zero-order chi connectivity index (χ0) is 17.2. The normalized spacial score (nSPS) is 12.2. The first-order valence-corrected chi connectivity index (χ1v) is 6.15. The molecule has 22 heavy (non-hydrogen) atoms. The molecule has 0 aliphatic rings. The van der Waals surface area contributed by atoms with Gasteiger partial charge in [0.2, 0.25) is 5.91 Å². The second-order valence-corrected chi connectivity index (χ2v) is 4.04. The van der Waals surface area contributed by atoms with Crippen LogP contribution in [0.3, 0.4) is 0 Å². The number of carbonyl (C=O) groups is 3. The number of ether oxygens (including phenoxy) is 2. The SMILES string of the molecule is C=CCOC(C)C(=O)OCC(=O)NCC(=O)NCC(F)(F)F. The molecule has 2 N–H and O–H groups in total. The summed E-state index contributed by atoms with van der Waals surface area (Å²) in [6.07, 6.45) is -4.01. The average molecular weight is 326 g/mol. The fourth-order valence-corrected chi connectivity index (χ4v) is 1.03. The molecule has 0 saturated carbocycles. The van der Waals surface area contributed by atoms with Crippen LogP contribution in [0.1, 0.15) is 6.92 Å². The van der Waals surface area contributed by atoms with Crippen molar-refractivity contribution in [2.45, 2.75) is 19.2 Å². The molecule has 0 heterocycles. The number of carbonyl (C=O) groups excluding carboxylic acids is 3. The van der Waals surface area contributed by atoms with Gasteiger partial charge >= 0.3 is 12.1 Å². The van der Waals surface area contributed by atoms with E-state index in [1.54, 1.807) is 5.32 Å². The minimum absolute atomic E-state index is 0.127. The van der Waals surface area contributed by atoms with Crippen molar-refractivity contribution >= 4 is 17.8 Å². The van der Waals surface area contributed by atoms with E-state index in [-0.39, 0.29) is 6.61 Å². The molecular weight excluding hydrogens is 309 g/mol. The molecular formula is C12H17F3N2O5. The van der Waals surface area contributed by atoms with Crippen LogP contribution in [0.4, 0.5) is 13.2 Å². The van der Waals surface area contributed by atoms with E-state index in [1.165, 1.54) is 13.0 Å². The van der Waals surface area contributed by atoms with Crippen molar-refractivity contribution in [2.24, 2.45) is 0 Å². The quantitative estimate of drug-likeness (QED) is 0.456. The Hall–Kier alpha value is -2.10. The molecule has 126 valence electrons. The van der Waals surface area contributed by atoms with Crippen LogP contribution >= 0.6 is 0 Å². The van der Waals surface area contributed by atoms with Crippen LogP contribution < -0.4 is 10.6 Å². The number of hydrogen-bond acceptors (Lipinski definition) is 5. The Kier molecular flexibility index (Phi) is 8.83. The summed E-state index contributed by atoms with van der Waals surface area (Å²) in [6, 6.07) is 0. The average Bonchev–Trinajstić information content (AvgIpc) is 2.45. The van der Waals surface area contributed by atoms with Gasteiger partial charge in [0.25, 0.3) is 5.91 Å². The lowest BCUT2D eigenvalue weighted by molar-refractivity contribution is -0.158. The summed E-state index contributed by atoms with van der Waals surface area (Å²) in [5.74, 6) is -2.63. The van der Waals surface area contributed by atoms with E-state index in [4.69, 9.17) is 4.74 Å². The molecule has 0 radical (unpaired) electrons. The number of halogens is 3. The van der Waals surface area contributed by atoms with E-state index in [2.05, 4.69) is 11.3 Å². The van der Waals surface area contributed by atoms with Gasteiger partial charge in [-0.2, -0.15) is 13.2 Å². The third-order valence-corrected chi connectivity index (χ3v) is 2.07. The number of hydrogen-bond donors (Lipinski definition) is 2. The van der Waals surface area contributed by atoms with Gasteiger partial charge < -0.3 is 20.1 Å². The predicted octanol–water partition coefficient (Wildman–Crippen LogP) is -0.0846. The number of rotatable bonds is 9. The summed E-state index contributed by atoms with van der Waals surface area (Å²) < 4.78 is 45.0. The molecule has 7 nitrogen and oxygen atoms in total. The second-order valence-electron chi connectivity index (χ2n) is 4.04. The molecule has 0 rings (SSSR count). The molecule has 0 aromatic rings. The Labute approximate surface area is 124 Å². The lowest BCUT2D eigenvalue weighted by atomic mass is 10.4. The van der Waals surface area contributed by atoms with Crippen molar-refractivity contribution in [3.05, 3.63) is 12.7 Å². The minimum atomic E-state index is -4.53. The summed E-state index contributed by atoms with van der Waals surface area (Å²) >= 11 is 0. The van der Waals surface area contributed by atoms with Crippen LogP contribution in [-0.2, 0) is 23.9 Å². The van der Waals surface area contributed by atoms with Gasteiger partial charge in [-0.25, -0.2) is 4.79 Å². The van der Waals surface area contributed by atoms with Crippen molar-refractivity contribution < 1.29 is 37.0 Å². The highest BCUT2D eigenvalue weighted by atomic mass is 19.4. The maximum Gasteiger partial charge on any atom is 0.405 e. The van der Waals surface area contributed by atoms with Crippen molar-refractivity contribution in [2.75, 3.05) is 26.3 Å². The lowest BCUT2D eigenvalue weighted by Crippen LogP contribution is -2.42. The fourth-order valence-electron chi connectivity index (χ4n) is 1.03. The molecule has 0 fully saturated rings. The summed E-state index contributed by atoms with van der Waals surface area (Å²) in [5.41, 5.74) is 0. The second kappa shape index (κ2) is 9.77. The summed E-state index contributed by atoms with van der Waals surface area (Å²) in [7, 11) is 0. The van der Waals surface area contributed by atoms with Crippen LogP contribution in [0.25, 0.3) is 0 Å². The number of nitrogens with one attached hydrogen (secondary N) is 2. The molecule has 10 heteroatoms. The summed E-state index contributed by atoms with van der Waals surface area (Å²) in [6.45, 7) is 2.10. The van der Waals surface area contributed by atoms with Gasteiger partial charge in [-0.15, -0.1) is 6.58 Å². The Balaban J connectivity index is 3.88. The van der Waals surface area contributed by atoms with Crippen molar-refractivity contribution in [1.82, 2.24) is 10.6 Å². The molecule has 0 spiro atoms. The maximum absolute atomic E-state index is 11.8. The monoisotopic (exact) mass is 326 g/mol. The predicted molar refractivity (Wildman–Crippen MR) is 68.6 cm³/mol. The standard InChI is InChI=1S/C12H17F3N2O5/c1-3-4-21-8(2)11(20)22-6-10(19)16-5-9(18)17-7-12(13,14)15/h3,8H,1,4-7H2,2H3,(H,16,19)(H,17,18). The molecule has 0 saturated heterocycles. The first-order chi connectivity index (χ1) is 10.2.